The summed E-state index contributed by atoms with van der Waals surface area (Å²) in [4.78, 5) is 4.17. The number of pyridine rings is 1. The summed E-state index contributed by atoms with van der Waals surface area (Å²) in [6, 6.07) is 8.91. The normalized spacial score (nSPS) is 10.9. The number of benzene rings is 2. The molecule has 0 aliphatic carbocycles. The fraction of sp³-hybridized carbons (Fsp3) is 0.0625. The lowest BCUT2D eigenvalue weighted by Crippen LogP contribution is -1.89. The van der Waals surface area contributed by atoms with Crippen LogP contribution in [0.25, 0.3) is 22.0 Å². The van der Waals surface area contributed by atoms with Gasteiger partial charge in [0.25, 0.3) is 0 Å². The molecule has 0 saturated carbocycles. The third-order valence-electron chi connectivity index (χ3n) is 3.32. The Bertz CT molecular complexity index is 815. The van der Waals surface area contributed by atoms with Gasteiger partial charge in [0.05, 0.1) is 5.52 Å². The molecule has 0 unspecified atom stereocenters. The van der Waals surface area contributed by atoms with Crippen LogP contribution in [0.5, 0.6) is 5.75 Å². The minimum atomic E-state index is -0.456. The lowest BCUT2D eigenvalue weighted by atomic mass is 10.0. The Morgan fingerprint density at radius 3 is 2.65 bits per heavy atom. The molecular weight excluding hydrogens is 260 g/mol. The van der Waals surface area contributed by atoms with Crippen LogP contribution >= 0.6 is 0 Å². The van der Waals surface area contributed by atoms with Crippen molar-refractivity contribution in [1.82, 2.24) is 4.98 Å². The summed E-state index contributed by atoms with van der Waals surface area (Å²) in [7, 11) is 0. The second-order valence-electron chi connectivity index (χ2n) is 4.63. The number of fused-ring (bicyclic) bond motifs is 1. The van der Waals surface area contributed by atoms with Crippen molar-refractivity contribution in [2.75, 3.05) is 0 Å². The van der Waals surface area contributed by atoms with E-state index >= 15 is 0 Å². The number of phenols is 1. The first-order valence-corrected chi connectivity index (χ1v) is 6.10. The number of nitrogens with zero attached hydrogens (tertiary/aromatic N) is 1. The summed E-state index contributed by atoms with van der Waals surface area (Å²) in [6.45, 7) is 1.51. The van der Waals surface area contributed by atoms with Crippen LogP contribution in [-0.4, -0.2) is 10.1 Å². The molecule has 2 nitrogen and oxygen atoms in total. The number of phenolic OH excluding ortho intramolecular Hbond substituents is 1. The van der Waals surface area contributed by atoms with E-state index in [1.54, 1.807) is 12.1 Å². The molecule has 3 rings (SSSR count). The summed E-state index contributed by atoms with van der Waals surface area (Å²) >= 11 is 0. The van der Waals surface area contributed by atoms with Crippen molar-refractivity contribution in [2.24, 2.45) is 0 Å². The topological polar surface area (TPSA) is 33.1 Å². The van der Waals surface area contributed by atoms with E-state index in [0.717, 1.165) is 5.39 Å². The highest BCUT2D eigenvalue weighted by Crippen LogP contribution is 2.34. The lowest BCUT2D eigenvalue weighted by Gasteiger charge is -2.09. The highest BCUT2D eigenvalue weighted by atomic mass is 19.1. The van der Waals surface area contributed by atoms with Crippen LogP contribution in [0.1, 0.15) is 5.56 Å². The van der Waals surface area contributed by atoms with E-state index < -0.39 is 5.82 Å². The monoisotopic (exact) mass is 271 g/mol. The Balaban J connectivity index is 2.20. The van der Waals surface area contributed by atoms with Gasteiger partial charge in [-0.15, -0.1) is 0 Å². The molecule has 0 radical (unpaired) electrons. The molecule has 3 aromatic rings. The average Bonchev–Trinajstić information content (AvgIpc) is 2.44. The Labute approximate surface area is 114 Å². The molecule has 0 spiro atoms. The van der Waals surface area contributed by atoms with Crippen molar-refractivity contribution in [3.63, 3.8) is 0 Å². The minimum absolute atomic E-state index is 0.103. The van der Waals surface area contributed by atoms with Crippen LogP contribution in [0.15, 0.2) is 42.6 Å². The number of aromatic nitrogens is 1. The number of hydrogen-bond donors (Lipinski definition) is 1. The minimum Gasteiger partial charge on any atom is -0.507 e. The summed E-state index contributed by atoms with van der Waals surface area (Å²) in [6.07, 6.45) is 1.54. The molecule has 0 aliphatic rings. The van der Waals surface area contributed by atoms with Crippen LogP contribution < -0.4 is 0 Å². The predicted octanol–water partition coefficient (Wildman–Crippen LogP) is 4.19. The standard InChI is InChI=1S/C16H11F2NO/c1-9-14(18)5-4-13(16(9)20)11-6-10-2-3-12(17)7-15(10)19-8-11/h2-8,20H,1H3. The number of hydrogen-bond acceptors (Lipinski definition) is 2. The molecular formula is C16H11F2NO. The molecule has 0 amide bonds. The van der Waals surface area contributed by atoms with E-state index in [4.69, 9.17) is 0 Å². The van der Waals surface area contributed by atoms with Gasteiger partial charge in [-0.05, 0) is 37.3 Å². The molecule has 2 aromatic carbocycles. The van der Waals surface area contributed by atoms with Crippen molar-refractivity contribution in [3.05, 3.63) is 59.8 Å². The number of halogens is 2. The van der Waals surface area contributed by atoms with Gasteiger partial charge in [-0.25, -0.2) is 8.78 Å². The van der Waals surface area contributed by atoms with Gasteiger partial charge in [-0.3, -0.25) is 4.98 Å². The van der Waals surface area contributed by atoms with Gasteiger partial charge in [0, 0.05) is 34.3 Å². The van der Waals surface area contributed by atoms with Gasteiger partial charge in [0.1, 0.15) is 17.4 Å². The second kappa shape index (κ2) is 4.56. The average molecular weight is 271 g/mol. The second-order valence-corrected chi connectivity index (χ2v) is 4.63. The van der Waals surface area contributed by atoms with Gasteiger partial charge in [0.2, 0.25) is 0 Å². The maximum atomic E-state index is 13.4. The third kappa shape index (κ3) is 1.99. The van der Waals surface area contributed by atoms with Gasteiger partial charge < -0.3 is 5.11 Å². The van der Waals surface area contributed by atoms with Crippen LogP contribution in [0.2, 0.25) is 0 Å². The lowest BCUT2D eigenvalue weighted by molar-refractivity contribution is 0.465. The van der Waals surface area contributed by atoms with E-state index in [1.165, 1.54) is 37.4 Å². The zero-order chi connectivity index (χ0) is 14.3. The predicted molar refractivity (Wildman–Crippen MR) is 73.5 cm³/mol. The van der Waals surface area contributed by atoms with Crippen LogP contribution in [0, 0.1) is 18.6 Å². The molecule has 0 fully saturated rings. The molecule has 4 heteroatoms. The molecule has 1 N–H and O–H groups in total. The Morgan fingerprint density at radius 2 is 1.85 bits per heavy atom. The maximum Gasteiger partial charge on any atom is 0.129 e. The fourth-order valence-electron chi connectivity index (χ4n) is 2.15. The summed E-state index contributed by atoms with van der Waals surface area (Å²) in [5.74, 6) is -0.909. The van der Waals surface area contributed by atoms with Crippen molar-refractivity contribution < 1.29 is 13.9 Å². The van der Waals surface area contributed by atoms with Crippen LogP contribution in [0.3, 0.4) is 0 Å². The van der Waals surface area contributed by atoms with Gasteiger partial charge >= 0.3 is 0 Å². The van der Waals surface area contributed by atoms with Gasteiger partial charge in [-0.1, -0.05) is 0 Å². The van der Waals surface area contributed by atoms with E-state index in [-0.39, 0.29) is 17.1 Å². The molecule has 100 valence electrons. The van der Waals surface area contributed by atoms with Crippen molar-refractivity contribution in [1.29, 1.82) is 0 Å². The van der Waals surface area contributed by atoms with Crippen molar-refractivity contribution >= 4 is 10.9 Å². The summed E-state index contributed by atoms with van der Waals surface area (Å²) in [5, 5.41) is 10.8. The zero-order valence-electron chi connectivity index (χ0n) is 10.7. The van der Waals surface area contributed by atoms with Crippen molar-refractivity contribution in [2.45, 2.75) is 6.92 Å². The number of rotatable bonds is 1. The fourth-order valence-corrected chi connectivity index (χ4v) is 2.15. The number of aromatic hydroxyl groups is 1. The van der Waals surface area contributed by atoms with Crippen LogP contribution in [0.4, 0.5) is 8.78 Å². The SMILES string of the molecule is Cc1c(F)ccc(-c2cnc3cc(F)ccc3c2)c1O. The first-order valence-electron chi connectivity index (χ1n) is 6.10. The van der Waals surface area contributed by atoms with Gasteiger partial charge in [-0.2, -0.15) is 0 Å². The highest BCUT2D eigenvalue weighted by molar-refractivity contribution is 5.85. The molecule has 0 atom stereocenters. The molecule has 1 aromatic heterocycles. The molecule has 1 heterocycles. The molecule has 20 heavy (non-hydrogen) atoms. The van der Waals surface area contributed by atoms with Crippen molar-refractivity contribution in [3.8, 4) is 16.9 Å². The van der Waals surface area contributed by atoms with Crippen LogP contribution in [-0.2, 0) is 0 Å². The first kappa shape index (κ1) is 12.5. The quantitative estimate of drug-likeness (QED) is 0.719. The Hall–Kier alpha value is -2.49. The Morgan fingerprint density at radius 1 is 1.05 bits per heavy atom. The van der Waals surface area contributed by atoms with E-state index in [2.05, 4.69) is 4.98 Å². The van der Waals surface area contributed by atoms with E-state index in [1.807, 2.05) is 0 Å². The van der Waals surface area contributed by atoms with E-state index in [0.29, 0.717) is 16.6 Å². The molecule has 0 aliphatic heterocycles. The smallest absolute Gasteiger partial charge is 0.129 e. The highest BCUT2D eigenvalue weighted by Gasteiger charge is 2.11. The summed E-state index contributed by atoms with van der Waals surface area (Å²) in [5.41, 5.74) is 1.89. The maximum absolute atomic E-state index is 13.4. The largest absolute Gasteiger partial charge is 0.507 e. The molecule has 0 bridgehead atoms. The van der Waals surface area contributed by atoms with E-state index in [9.17, 15) is 13.9 Å². The first-order chi connectivity index (χ1) is 9.56. The zero-order valence-corrected chi connectivity index (χ0v) is 10.7. The Kier molecular flexibility index (Phi) is 2.86. The third-order valence-corrected chi connectivity index (χ3v) is 3.32. The summed E-state index contributed by atoms with van der Waals surface area (Å²) < 4.78 is 26.5. The molecule has 0 saturated heterocycles. The van der Waals surface area contributed by atoms with Gasteiger partial charge in [0.15, 0.2) is 0 Å².